The smallest absolute Gasteiger partial charge is 0.263 e. The number of carbonyl (C=O) groups is 2. The number of rotatable bonds is 5. The SMILES string of the molecule is O=C(/C=C(\C(=O)[O-])c1ccccc1)NNc1ccc(Cl)cc1Cl. The standard InChI is InChI=1S/C16H12Cl2N2O3/c17-11-6-7-14(13(18)8-11)19-20-15(21)9-12(16(22)23)10-4-2-1-3-5-10/h1-9,19H,(H,20,21)(H,22,23)/p-1/b12-9-. The van der Waals surface area contributed by atoms with E-state index in [4.69, 9.17) is 23.2 Å². The second-order valence-corrected chi connectivity index (χ2v) is 5.29. The molecule has 0 aliphatic heterocycles. The Morgan fingerprint density at radius 3 is 2.35 bits per heavy atom. The number of halogens is 2. The van der Waals surface area contributed by atoms with Crippen LogP contribution in [0.1, 0.15) is 5.56 Å². The summed E-state index contributed by atoms with van der Waals surface area (Å²) in [6, 6.07) is 12.9. The largest absolute Gasteiger partial charge is 0.545 e. The summed E-state index contributed by atoms with van der Waals surface area (Å²) in [5, 5.41) is 11.9. The van der Waals surface area contributed by atoms with Crippen molar-refractivity contribution in [2.75, 3.05) is 5.43 Å². The van der Waals surface area contributed by atoms with E-state index >= 15 is 0 Å². The lowest BCUT2D eigenvalue weighted by Gasteiger charge is -2.11. The molecule has 2 N–H and O–H groups in total. The van der Waals surface area contributed by atoms with Gasteiger partial charge in [-0.05, 0) is 23.8 Å². The van der Waals surface area contributed by atoms with Gasteiger partial charge >= 0.3 is 0 Å². The van der Waals surface area contributed by atoms with Gasteiger partial charge in [-0.25, -0.2) is 0 Å². The third-order valence-electron chi connectivity index (χ3n) is 2.83. The van der Waals surface area contributed by atoms with E-state index in [-0.39, 0.29) is 5.57 Å². The molecule has 118 valence electrons. The highest BCUT2D eigenvalue weighted by molar-refractivity contribution is 6.36. The van der Waals surface area contributed by atoms with Gasteiger partial charge in [0, 0.05) is 16.7 Å². The number of hydrazine groups is 1. The minimum Gasteiger partial charge on any atom is -0.545 e. The van der Waals surface area contributed by atoms with Crippen LogP contribution < -0.4 is 16.0 Å². The van der Waals surface area contributed by atoms with Crippen molar-refractivity contribution in [3.63, 3.8) is 0 Å². The Hall–Kier alpha value is -2.50. The molecule has 2 rings (SSSR count). The maximum absolute atomic E-state index is 11.9. The maximum atomic E-state index is 11.9. The van der Waals surface area contributed by atoms with Crippen LogP contribution in [-0.4, -0.2) is 11.9 Å². The fraction of sp³-hybridized carbons (Fsp3) is 0. The van der Waals surface area contributed by atoms with Crippen molar-refractivity contribution in [3.05, 3.63) is 70.2 Å². The van der Waals surface area contributed by atoms with Crippen molar-refractivity contribution in [3.8, 4) is 0 Å². The summed E-state index contributed by atoms with van der Waals surface area (Å²) >= 11 is 11.7. The number of carbonyl (C=O) groups excluding carboxylic acids is 2. The number of aliphatic carboxylic acids is 1. The highest BCUT2D eigenvalue weighted by atomic mass is 35.5. The molecule has 5 nitrogen and oxygen atoms in total. The molecule has 0 aliphatic rings. The molecule has 0 bridgehead atoms. The number of benzene rings is 2. The van der Waals surface area contributed by atoms with Crippen molar-refractivity contribution >= 4 is 46.3 Å². The van der Waals surface area contributed by atoms with Crippen LogP contribution in [0.25, 0.3) is 5.57 Å². The minimum atomic E-state index is -1.45. The van der Waals surface area contributed by atoms with E-state index in [9.17, 15) is 14.7 Å². The van der Waals surface area contributed by atoms with Gasteiger partial charge < -0.3 is 9.90 Å². The molecule has 7 heteroatoms. The third-order valence-corrected chi connectivity index (χ3v) is 3.38. The Bertz CT molecular complexity index is 761. The molecule has 0 unspecified atom stereocenters. The zero-order valence-electron chi connectivity index (χ0n) is 11.7. The Kier molecular flexibility index (Phi) is 5.62. The van der Waals surface area contributed by atoms with Gasteiger partial charge in [-0.1, -0.05) is 53.5 Å². The topological polar surface area (TPSA) is 81.3 Å². The van der Waals surface area contributed by atoms with E-state index in [0.29, 0.717) is 21.3 Å². The van der Waals surface area contributed by atoms with Crippen molar-refractivity contribution in [2.24, 2.45) is 0 Å². The van der Waals surface area contributed by atoms with Crippen molar-refractivity contribution < 1.29 is 14.7 Å². The van der Waals surface area contributed by atoms with Gasteiger partial charge in [0.1, 0.15) is 0 Å². The predicted octanol–water partition coefficient (Wildman–Crippen LogP) is 2.27. The third kappa shape index (κ3) is 4.74. The highest BCUT2D eigenvalue weighted by Gasteiger charge is 2.07. The molecule has 0 radical (unpaired) electrons. The summed E-state index contributed by atoms with van der Waals surface area (Å²) in [6.07, 6.45) is 0.932. The zero-order chi connectivity index (χ0) is 16.8. The highest BCUT2D eigenvalue weighted by Crippen LogP contribution is 2.24. The van der Waals surface area contributed by atoms with Gasteiger partial charge in [-0.3, -0.25) is 15.6 Å². The van der Waals surface area contributed by atoms with Crippen LogP contribution in [0.3, 0.4) is 0 Å². The van der Waals surface area contributed by atoms with Gasteiger partial charge in [0.15, 0.2) is 0 Å². The number of hydrogen-bond acceptors (Lipinski definition) is 4. The number of hydrogen-bond donors (Lipinski definition) is 2. The number of carboxylic acid groups (broad SMARTS) is 1. The van der Waals surface area contributed by atoms with Crippen LogP contribution in [0, 0.1) is 0 Å². The fourth-order valence-electron chi connectivity index (χ4n) is 1.76. The molecule has 23 heavy (non-hydrogen) atoms. The molecule has 0 aromatic heterocycles. The summed E-state index contributed by atoms with van der Waals surface area (Å²) < 4.78 is 0. The van der Waals surface area contributed by atoms with E-state index in [2.05, 4.69) is 10.9 Å². The lowest BCUT2D eigenvalue weighted by atomic mass is 10.1. The average molecular weight is 350 g/mol. The quantitative estimate of drug-likeness (QED) is 0.640. The van der Waals surface area contributed by atoms with Crippen LogP contribution in [0.15, 0.2) is 54.6 Å². The molecule has 0 fully saturated rings. The van der Waals surface area contributed by atoms with Crippen LogP contribution in [0.2, 0.25) is 10.0 Å². The normalized spacial score (nSPS) is 11.0. The summed E-state index contributed by atoms with van der Waals surface area (Å²) in [5.74, 6) is -2.12. The second kappa shape index (κ2) is 7.67. The molecular weight excluding hydrogens is 339 g/mol. The van der Waals surface area contributed by atoms with Crippen LogP contribution in [0.5, 0.6) is 0 Å². The number of amides is 1. The molecule has 0 aliphatic carbocycles. The molecule has 0 atom stereocenters. The molecule has 0 spiro atoms. The first-order chi connectivity index (χ1) is 11.0. The van der Waals surface area contributed by atoms with Crippen molar-refractivity contribution in [2.45, 2.75) is 0 Å². The summed E-state index contributed by atoms with van der Waals surface area (Å²) in [6.45, 7) is 0. The van der Waals surface area contributed by atoms with E-state index in [1.807, 2.05) is 0 Å². The molecule has 0 heterocycles. The number of anilines is 1. The molecule has 0 saturated heterocycles. The first-order valence-electron chi connectivity index (χ1n) is 6.47. The van der Waals surface area contributed by atoms with Crippen molar-refractivity contribution in [1.29, 1.82) is 0 Å². The first-order valence-corrected chi connectivity index (χ1v) is 7.22. The number of nitrogens with one attached hydrogen (secondary N) is 2. The van der Waals surface area contributed by atoms with Crippen LogP contribution >= 0.6 is 23.2 Å². The summed E-state index contributed by atoms with van der Waals surface area (Å²) in [5.41, 5.74) is 5.48. The maximum Gasteiger partial charge on any atom is 0.263 e. The van der Waals surface area contributed by atoms with E-state index in [1.54, 1.807) is 42.5 Å². The Morgan fingerprint density at radius 2 is 1.74 bits per heavy atom. The van der Waals surface area contributed by atoms with E-state index < -0.39 is 11.9 Å². The molecule has 2 aromatic carbocycles. The zero-order valence-corrected chi connectivity index (χ0v) is 13.2. The second-order valence-electron chi connectivity index (χ2n) is 4.45. The van der Waals surface area contributed by atoms with Crippen molar-refractivity contribution in [1.82, 2.24) is 5.43 Å². The first kappa shape index (κ1) is 16.9. The van der Waals surface area contributed by atoms with Gasteiger partial charge in [0.05, 0.1) is 16.7 Å². The van der Waals surface area contributed by atoms with Gasteiger partial charge in [0.2, 0.25) is 0 Å². The average Bonchev–Trinajstić information content (AvgIpc) is 2.52. The summed E-state index contributed by atoms with van der Waals surface area (Å²) in [4.78, 5) is 23.1. The Balaban J connectivity index is 2.11. The lowest BCUT2D eigenvalue weighted by Crippen LogP contribution is -2.30. The van der Waals surface area contributed by atoms with Gasteiger partial charge in [-0.2, -0.15) is 0 Å². The van der Waals surface area contributed by atoms with E-state index in [1.165, 1.54) is 6.07 Å². The van der Waals surface area contributed by atoms with E-state index in [0.717, 1.165) is 6.08 Å². The molecular formula is C16H11Cl2N2O3-. The van der Waals surface area contributed by atoms with Gasteiger partial charge in [0.25, 0.3) is 5.91 Å². The molecule has 1 amide bonds. The summed E-state index contributed by atoms with van der Waals surface area (Å²) in [7, 11) is 0. The molecule has 2 aromatic rings. The Morgan fingerprint density at radius 1 is 1.04 bits per heavy atom. The minimum absolute atomic E-state index is 0.230. The van der Waals surface area contributed by atoms with Crippen LogP contribution in [-0.2, 0) is 9.59 Å². The predicted molar refractivity (Wildman–Crippen MR) is 87.7 cm³/mol. The Labute approximate surface area is 142 Å². The van der Waals surface area contributed by atoms with Gasteiger partial charge in [-0.15, -0.1) is 0 Å². The van der Waals surface area contributed by atoms with Crippen LogP contribution in [0.4, 0.5) is 5.69 Å². The lowest BCUT2D eigenvalue weighted by molar-refractivity contribution is -0.295. The fourth-order valence-corrected chi connectivity index (χ4v) is 2.22. The monoisotopic (exact) mass is 349 g/mol. The number of carboxylic acids is 1. The molecule has 0 saturated carbocycles.